The van der Waals surface area contributed by atoms with Crippen molar-refractivity contribution in [3.8, 4) is 0 Å². The van der Waals surface area contributed by atoms with Crippen molar-refractivity contribution in [2.75, 3.05) is 26.2 Å². The maximum atomic E-state index is 13.4. The summed E-state index contributed by atoms with van der Waals surface area (Å²) in [6, 6.07) is 2.33. The number of benzene rings is 1. The number of nitrogens with one attached hydrogen (secondary N) is 1. The summed E-state index contributed by atoms with van der Waals surface area (Å²) in [7, 11) is -3.79. The van der Waals surface area contributed by atoms with Gasteiger partial charge in [-0.2, -0.15) is 0 Å². The van der Waals surface area contributed by atoms with Gasteiger partial charge in [-0.1, -0.05) is 18.0 Å². The zero-order valence-electron chi connectivity index (χ0n) is 13.1. The van der Waals surface area contributed by atoms with Crippen LogP contribution in [-0.2, 0) is 10.0 Å². The summed E-state index contributed by atoms with van der Waals surface area (Å²) >= 11 is 5.86. The molecule has 2 N–H and O–H groups in total. The highest BCUT2D eigenvalue weighted by molar-refractivity contribution is 7.89. The number of sulfonamides is 1. The van der Waals surface area contributed by atoms with Gasteiger partial charge in [-0.3, -0.25) is 4.90 Å². The molecule has 1 aromatic rings. The van der Waals surface area contributed by atoms with Gasteiger partial charge in [0.25, 0.3) is 0 Å². The molecular weight excluding hydrogens is 343 g/mol. The number of halogens is 2. The number of nitrogens with zero attached hydrogens (tertiary/aromatic N) is 1. The smallest absolute Gasteiger partial charge is 0.242 e. The Morgan fingerprint density at radius 2 is 2.17 bits per heavy atom. The van der Waals surface area contributed by atoms with Crippen LogP contribution in [-0.4, -0.2) is 50.7 Å². The van der Waals surface area contributed by atoms with Gasteiger partial charge in [0, 0.05) is 19.1 Å². The first-order valence-electron chi connectivity index (χ1n) is 7.65. The van der Waals surface area contributed by atoms with Crippen molar-refractivity contribution in [1.29, 1.82) is 0 Å². The van der Waals surface area contributed by atoms with E-state index < -0.39 is 15.8 Å². The maximum absolute atomic E-state index is 13.4. The molecule has 1 heterocycles. The Kier molecular flexibility index (Phi) is 6.39. The number of hydrogen-bond acceptors (Lipinski definition) is 4. The lowest BCUT2D eigenvalue weighted by atomic mass is 10.0. The molecule has 0 saturated carbocycles. The van der Waals surface area contributed by atoms with E-state index >= 15 is 0 Å². The molecule has 130 valence electrons. The van der Waals surface area contributed by atoms with Crippen LogP contribution in [0.25, 0.3) is 0 Å². The molecule has 23 heavy (non-hydrogen) atoms. The minimum Gasteiger partial charge on any atom is -0.395 e. The molecule has 1 fully saturated rings. The monoisotopic (exact) mass is 364 g/mol. The predicted molar refractivity (Wildman–Crippen MR) is 87.6 cm³/mol. The van der Waals surface area contributed by atoms with Crippen LogP contribution in [0.3, 0.4) is 0 Å². The summed E-state index contributed by atoms with van der Waals surface area (Å²) in [5.41, 5.74) is 0.228. The van der Waals surface area contributed by atoms with E-state index in [0.717, 1.165) is 31.9 Å². The summed E-state index contributed by atoms with van der Waals surface area (Å²) < 4.78 is 40.5. The van der Waals surface area contributed by atoms with Crippen LogP contribution < -0.4 is 4.72 Å². The number of rotatable bonds is 6. The maximum Gasteiger partial charge on any atom is 0.242 e. The Hall–Kier alpha value is -0.730. The summed E-state index contributed by atoms with van der Waals surface area (Å²) in [6.45, 7) is 3.15. The lowest BCUT2D eigenvalue weighted by Gasteiger charge is -2.34. The van der Waals surface area contributed by atoms with Gasteiger partial charge >= 0.3 is 0 Å². The van der Waals surface area contributed by atoms with Crippen LogP contribution >= 0.6 is 11.6 Å². The van der Waals surface area contributed by atoms with Gasteiger partial charge in [0.05, 0.1) is 11.6 Å². The highest BCUT2D eigenvalue weighted by atomic mass is 35.5. The fourth-order valence-electron chi connectivity index (χ4n) is 2.80. The van der Waals surface area contributed by atoms with Crippen LogP contribution in [0, 0.1) is 12.7 Å². The first-order valence-corrected chi connectivity index (χ1v) is 9.51. The van der Waals surface area contributed by atoms with Crippen molar-refractivity contribution in [3.63, 3.8) is 0 Å². The quantitative estimate of drug-likeness (QED) is 0.809. The van der Waals surface area contributed by atoms with Gasteiger partial charge in [0.2, 0.25) is 10.0 Å². The molecule has 0 bridgehead atoms. The number of hydrogen-bond donors (Lipinski definition) is 2. The Morgan fingerprint density at radius 1 is 1.43 bits per heavy atom. The van der Waals surface area contributed by atoms with Crippen LogP contribution in [0.4, 0.5) is 4.39 Å². The highest BCUT2D eigenvalue weighted by Gasteiger charge is 2.23. The first-order chi connectivity index (χ1) is 10.8. The second-order valence-corrected chi connectivity index (χ2v) is 7.94. The second-order valence-electron chi connectivity index (χ2n) is 5.80. The molecule has 1 unspecified atom stereocenters. The second kappa shape index (κ2) is 7.90. The molecule has 0 aromatic heterocycles. The molecule has 0 spiro atoms. The van der Waals surface area contributed by atoms with E-state index in [0.29, 0.717) is 6.54 Å². The lowest BCUT2D eigenvalue weighted by molar-refractivity contribution is 0.0923. The molecular formula is C15H22ClFN2O3S. The molecule has 1 saturated heterocycles. The first kappa shape index (κ1) is 18.6. The van der Waals surface area contributed by atoms with E-state index in [2.05, 4.69) is 9.62 Å². The molecule has 5 nitrogen and oxygen atoms in total. The standard InChI is InChI=1S/C15H22ClFN2O3S/c1-11-8-15(13(16)9-14(11)17)23(21,22)18-5-7-19-6-3-2-4-12(19)10-20/h8-9,12,18,20H,2-7,10H2,1H3. The Labute approximate surface area is 141 Å². The lowest BCUT2D eigenvalue weighted by Crippen LogP contribution is -2.45. The number of aliphatic hydroxyl groups excluding tert-OH is 1. The van der Waals surface area contributed by atoms with Gasteiger partial charge < -0.3 is 5.11 Å². The third-order valence-electron chi connectivity index (χ3n) is 4.15. The van der Waals surface area contributed by atoms with Crippen molar-refractivity contribution >= 4 is 21.6 Å². The van der Waals surface area contributed by atoms with E-state index in [9.17, 15) is 17.9 Å². The molecule has 0 aliphatic carbocycles. The molecule has 1 aromatic carbocycles. The fourth-order valence-corrected chi connectivity index (χ4v) is 4.42. The molecule has 1 aliphatic rings. The normalized spacial score (nSPS) is 19.9. The van der Waals surface area contributed by atoms with Gasteiger partial charge in [0.15, 0.2) is 0 Å². The molecule has 1 atom stereocenters. The average molecular weight is 365 g/mol. The summed E-state index contributed by atoms with van der Waals surface area (Å²) in [6.07, 6.45) is 3.05. The Bertz CT molecular complexity index is 654. The van der Waals surface area contributed by atoms with Crippen molar-refractivity contribution in [3.05, 3.63) is 28.5 Å². The summed E-state index contributed by atoms with van der Waals surface area (Å²) in [4.78, 5) is 1.97. The van der Waals surface area contributed by atoms with E-state index in [1.54, 1.807) is 0 Å². The third kappa shape index (κ3) is 4.64. The predicted octanol–water partition coefficient (Wildman–Crippen LogP) is 1.91. The zero-order valence-corrected chi connectivity index (χ0v) is 14.6. The fraction of sp³-hybridized carbons (Fsp3) is 0.600. The topological polar surface area (TPSA) is 69.6 Å². The largest absolute Gasteiger partial charge is 0.395 e. The highest BCUT2D eigenvalue weighted by Crippen LogP contribution is 2.24. The molecule has 8 heteroatoms. The van der Waals surface area contributed by atoms with E-state index in [1.165, 1.54) is 13.0 Å². The minimum absolute atomic E-state index is 0.0791. The van der Waals surface area contributed by atoms with Crippen LogP contribution in [0.2, 0.25) is 5.02 Å². The molecule has 0 radical (unpaired) electrons. The molecule has 2 rings (SSSR count). The number of aliphatic hydroxyl groups is 1. The number of aryl methyl sites for hydroxylation is 1. The van der Waals surface area contributed by atoms with Gasteiger partial charge in [-0.05, 0) is 44.0 Å². The zero-order chi connectivity index (χ0) is 17.0. The van der Waals surface area contributed by atoms with Gasteiger partial charge in [-0.25, -0.2) is 17.5 Å². The Morgan fingerprint density at radius 3 is 2.87 bits per heavy atom. The van der Waals surface area contributed by atoms with Crippen LogP contribution in [0.1, 0.15) is 24.8 Å². The van der Waals surface area contributed by atoms with E-state index in [1.807, 2.05) is 0 Å². The van der Waals surface area contributed by atoms with E-state index in [4.69, 9.17) is 11.6 Å². The SMILES string of the molecule is Cc1cc(S(=O)(=O)NCCN2CCCCC2CO)c(Cl)cc1F. The van der Waals surface area contributed by atoms with Gasteiger partial charge in [0.1, 0.15) is 10.7 Å². The molecule has 0 amide bonds. The summed E-state index contributed by atoms with van der Waals surface area (Å²) in [5.74, 6) is -0.534. The average Bonchev–Trinajstić information content (AvgIpc) is 2.51. The number of likely N-dealkylation sites (tertiary alicyclic amines) is 1. The van der Waals surface area contributed by atoms with Gasteiger partial charge in [-0.15, -0.1) is 0 Å². The van der Waals surface area contributed by atoms with Crippen LogP contribution in [0.15, 0.2) is 17.0 Å². The van der Waals surface area contributed by atoms with Crippen molar-refractivity contribution in [2.24, 2.45) is 0 Å². The van der Waals surface area contributed by atoms with Crippen molar-refractivity contribution in [2.45, 2.75) is 37.1 Å². The minimum atomic E-state index is -3.79. The number of piperidine rings is 1. The third-order valence-corrected chi connectivity index (χ3v) is 6.08. The van der Waals surface area contributed by atoms with Crippen LogP contribution in [0.5, 0.6) is 0 Å². The van der Waals surface area contributed by atoms with Crippen molar-refractivity contribution in [1.82, 2.24) is 9.62 Å². The summed E-state index contributed by atoms with van der Waals surface area (Å²) in [5, 5.41) is 9.23. The van der Waals surface area contributed by atoms with E-state index in [-0.39, 0.29) is 34.7 Å². The Balaban J connectivity index is 2.00. The molecule has 1 aliphatic heterocycles. The van der Waals surface area contributed by atoms with Crippen molar-refractivity contribution < 1.29 is 17.9 Å².